The lowest BCUT2D eigenvalue weighted by Crippen LogP contribution is -2.31. The Balaban J connectivity index is 2.62. The van der Waals surface area contributed by atoms with Crippen LogP contribution in [-0.4, -0.2) is 54.4 Å². The first-order valence-electron chi connectivity index (χ1n) is 7.38. The average Bonchev–Trinajstić information content (AvgIpc) is 2.47. The second-order valence-corrected chi connectivity index (χ2v) is 4.63. The summed E-state index contributed by atoms with van der Waals surface area (Å²) in [7, 11) is 0. The Labute approximate surface area is 126 Å². The summed E-state index contributed by atoms with van der Waals surface area (Å²) in [6, 6.07) is 1.81. The van der Waals surface area contributed by atoms with Gasteiger partial charge >= 0.3 is 0 Å². The Morgan fingerprint density at radius 3 is 2.29 bits per heavy atom. The molecule has 0 aliphatic rings. The normalized spacial score (nSPS) is 11.1. The fourth-order valence-electron chi connectivity index (χ4n) is 1.92. The molecule has 7 heteroatoms. The van der Waals surface area contributed by atoms with Gasteiger partial charge in [0, 0.05) is 38.1 Å². The van der Waals surface area contributed by atoms with E-state index in [-0.39, 0.29) is 0 Å². The van der Waals surface area contributed by atoms with E-state index in [9.17, 15) is 0 Å². The van der Waals surface area contributed by atoms with Crippen molar-refractivity contribution in [1.82, 2.24) is 14.9 Å². The minimum atomic E-state index is 0.632. The molecule has 0 aromatic carbocycles. The zero-order valence-electron chi connectivity index (χ0n) is 13.3. The molecule has 0 spiro atoms. The van der Waals surface area contributed by atoms with Crippen molar-refractivity contribution in [3.05, 3.63) is 17.6 Å². The summed E-state index contributed by atoms with van der Waals surface area (Å²) >= 11 is 0. The molecule has 1 heterocycles. The second kappa shape index (κ2) is 10.4. The van der Waals surface area contributed by atoms with Crippen molar-refractivity contribution >= 4 is 5.82 Å². The van der Waals surface area contributed by atoms with Gasteiger partial charge in [-0.1, -0.05) is 0 Å². The summed E-state index contributed by atoms with van der Waals surface area (Å²) in [6.45, 7) is 11.0. The van der Waals surface area contributed by atoms with Crippen LogP contribution < -0.4 is 11.3 Å². The number of nitrogens with one attached hydrogen (secondary N) is 1. The molecule has 0 unspecified atom stereocenters. The number of nitrogens with two attached hydrogens (primary N) is 1. The summed E-state index contributed by atoms with van der Waals surface area (Å²) < 4.78 is 10.8. The van der Waals surface area contributed by atoms with Crippen LogP contribution in [-0.2, 0) is 16.0 Å². The maximum absolute atomic E-state index is 5.42. The Morgan fingerprint density at radius 2 is 1.76 bits per heavy atom. The highest BCUT2D eigenvalue weighted by atomic mass is 16.5. The van der Waals surface area contributed by atoms with Gasteiger partial charge in [-0.3, -0.25) is 4.90 Å². The molecular weight excluding hydrogens is 270 g/mol. The summed E-state index contributed by atoms with van der Waals surface area (Å²) in [5.41, 5.74) is 3.46. The van der Waals surface area contributed by atoms with Gasteiger partial charge in [-0.05, 0) is 20.8 Å². The van der Waals surface area contributed by atoms with Gasteiger partial charge in [0.1, 0.15) is 11.6 Å². The predicted molar refractivity (Wildman–Crippen MR) is 82.8 cm³/mol. The van der Waals surface area contributed by atoms with Gasteiger partial charge in [-0.25, -0.2) is 15.8 Å². The van der Waals surface area contributed by atoms with Crippen LogP contribution in [0.3, 0.4) is 0 Å². The summed E-state index contributed by atoms with van der Waals surface area (Å²) in [5.74, 6) is 6.80. The number of aryl methyl sites for hydroxylation is 1. The first-order chi connectivity index (χ1) is 10.2. The number of anilines is 1. The van der Waals surface area contributed by atoms with E-state index in [1.807, 2.05) is 26.8 Å². The van der Waals surface area contributed by atoms with Gasteiger partial charge in [0.05, 0.1) is 19.8 Å². The van der Waals surface area contributed by atoms with Crippen LogP contribution in [0.1, 0.15) is 25.4 Å². The van der Waals surface area contributed by atoms with E-state index in [0.717, 1.165) is 37.8 Å². The van der Waals surface area contributed by atoms with Gasteiger partial charge in [0.15, 0.2) is 0 Å². The van der Waals surface area contributed by atoms with Gasteiger partial charge < -0.3 is 14.9 Å². The molecule has 0 saturated carbocycles. The van der Waals surface area contributed by atoms with Crippen molar-refractivity contribution in [2.75, 3.05) is 44.9 Å². The number of aromatic nitrogens is 2. The molecule has 0 radical (unpaired) electrons. The highest BCUT2D eigenvalue weighted by molar-refractivity contribution is 5.33. The molecule has 1 aromatic heterocycles. The zero-order valence-corrected chi connectivity index (χ0v) is 13.3. The first-order valence-corrected chi connectivity index (χ1v) is 7.38. The van der Waals surface area contributed by atoms with E-state index in [4.69, 9.17) is 15.3 Å². The van der Waals surface area contributed by atoms with Crippen LogP contribution in [0.15, 0.2) is 6.07 Å². The van der Waals surface area contributed by atoms with Crippen molar-refractivity contribution in [2.45, 2.75) is 27.3 Å². The molecule has 0 saturated heterocycles. The molecule has 0 aliphatic carbocycles. The number of hydrazine groups is 1. The third-order valence-electron chi connectivity index (χ3n) is 2.93. The van der Waals surface area contributed by atoms with E-state index in [2.05, 4.69) is 20.3 Å². The molecule has 120 valence electrons. The molecule has 3 N–H and O–H groups in total. The maximum atomic E-state index is 5.42. The third-order valence-corrected chi connectivity index (χ3v) is 2.93. The number of hydrogen-bond acceptors (Lipinski definition) is 7. The van der Waals surface area contributed by atoms with Gasteiger partial charge in [-0.2, -0.15) is 0 Å². The maximum Gasteiger partial charge on any atom is 0.145 e. The van der Waals surface area contributed by atoms with Crippen molar-refractivity contribution in [3.63, 3.8) is 0 Å². The quantitative estimate of drug-likeness (QED) is 0.357. The van der Waals surface area contributed by atoms with Gasteiger partial charge in [0.25, 0.3) is 0 Å². The van der Waals surface area contributed by atoms with E-state index < -0.39 is 0 Å². The lowest BCUT2D eigenvalue weighted by Gasteiger charge is -2.21. The number of nitrogens with zero attached hydrogens (tertiary/aromatic N) is 3. The van der Waals surface area contributed by atoms with Crippen molar-refractivity contribution in [3.8, 4) is 0 Å². The minimum Gasteiger partial charge on any atom is -0.380 e. The average molecular weight is 297 g/mol. The molecule has 0 amide bonds. The third kappa shape index (κ3) is 7.33. The van der Waals surface area contributed by atoms with E-state index >= 15 is 0 Å². The first kappa shape index (κ1) is 17.8. The van der Waals surface area contributed by atoms with Crippen LogP contribution in [0.2, 0.25) is 0 Å². The Morgan fingerprint density at radius 1 is 1.14 bits per heavy atom. The highest BCUT2D eigenvalue weighted by Gasteiger charge is 2.09. The number of rotatable bonds is 11. The Bertz CT molecular complexity index is 393. The second-order valence-electron chi connectivity index (χ2n) is 4.63. The molecule has 0 bridgehead atoms. The zero-order chi connectivity index (χ0) is 15.5. The highest BCUT2D eigenvalue weighted by Crippen LogP contribution is 2.07. The van der Waals surface area contributed by atoms with Crippen molar-refractivity contribution in [1.29, 1.82) is 0 Å². The lowest BCUT2D eigenvalue weighted by atomic mass is 10.4. The largest absolute Gasteiger partial charge is 0.380 e. The van der Waals surface area contributed by atoms with Crippen molar-refractivity contribution in [2.24, 2.45) is 5.84 Å². The Kier molecular flexibility index (Phi) is 8.84. The topological polar surface area (TPSA) is 85.5 Å². The molecule has 0 aliphatic heterocycles. The lowest BCUT2D eigenvalue weighted by molar-refractivity contribution is 0.0787. The SMILES string of the molecule is CCOCCN(CCOCC)Cc1nc(C)cc(NN)n1. The molecule has 21 heavy (non-hydrogen) atoms. The number of nitrogen functional groups attached to an aromatic ring is 1. The van der Waals surface area contributed by atoms with E-state index in [1.165, 1.54) is 0 Å². The number of ether oxygens (including phenoxy) is 2. The van der Waals surface area contributed by atoms with Crippen LogP contribution >= 0.6 is 0 Å². The monoisotopic (exact) mass is 297 g/mol. The summed E-state index contributed by atoms with van der Waals surface area (Å²) in [4.78, 5) is 11.0. The summed E-state index contributed by atoms with van der Waals surface area (Å²) in [6.07, 6.45) is 0. The number of hydrogen-bond donors (Lipinski definition) is 2. The van der Waals surface area contributed by atoms with Crippen LogP contribution in [0.4, 0.5) is 5.82 Å². The van der Waals surface area contributed by atoms with Crippen LogP contribution in [0.5, 0.6) is 0 Å². The molecule has 7 nitrogen and oxygen atoms in total. The standard InChI is InChI=1S/C14H27N5O2/c1-4-20-8-6-19(7-9-21-5-2)11-14-16-12(3)10-13(17-14)18-15/h10H,4-9,11,15H2,1-3H3,(H,16,17,18). The van der Waals surface area contributed by atoms with E-state index in [1.54, 1.807) is 0 Å². The fraction of sp³-hybridized carbons (Fsp3) is 0.714. The van der Waals surface area contributed by atoms with Gasteiger partial charge in [0.2, 0.25) is 0 Å². The summed E-state index contributed by atoms with van der Waals surface area (Å²) in [5, 5.41) is 0. The van der Waals surface area contributed by atoms with Crippen molar-refractivity contribution < 1.29 is 9.47 Å². The van der Waals surface area contributed by atoms with Crippen LogP contribution in [0, 0.1) is 6.92 Å². The molecule has 0 atom stereocenters. The smallest absolute Gasteiger partial charge is 0.145 e. The minimum absolute atomic E-state index is 0.632. The Hall–Kier alpha value is -1.28. The molecule has 1 rings (SSSR count). The molecule has 1 aromatic rings. The fourth-order valence-corrected chi connectivity index (χ4v) is 1.92. The molecular formula is C14H27N5O2. The van der Waals surface area contributed by atoms with E-state index in [0.29, 0.717) is 25.6 Å². The molecule has 0 fully saturated rings. The van der Waals surface area contributed by atoms with Crippen LogP contribution in [0.25, 0.3) is 0 Å². The van der Waals surface area contributed by atoms with Gasteiger partial charge in [-0.15, -0.1) is 0 Å². The predicted octanol–water partition coefficient (Wildman–Crippen LogP) is 0.946.